The van der Waals surface area contributed by atoms with Crippen molar-refractivity contribution in [1.82, 2.24) is 9.97 Å². The van der Waals surface area contributed by atoms with E-state index in [1.807, 2.05) is 0 Å². The predicted molar refractivity (Wildman–Crippen MR) is 95.2 cm³/mol. The van der Waals surface area contributed by atoms with Crippen LogP contribution in [0.3, 0.4) is 0 Å². The van der Waals surface area contributed by atoms with Gasteiger partial charge in [0.05, 0.1) is 11.4 Å². The molecule has 4 heteroatoms. The van der Waals surface area contributed by atoms with Crippen molar-refractivity contribution in [3.63, 3.8) is 0 Å². The van der Waals surface area contributed by atoms with Crippen molar-refractivity contribution < 1.29 is 9.59 Å². The van der Waals surface area contributed by atoms with E-state index in [4.69, 9.17) is 0 Å². The number of aromatic nitrogens is 2. The summed E-state index contributed by atoms with van der Waals surface area (Å²) >= 11 is 0. The molecule has 126 valence electrons. The summed E-state index contributed by atoms with van der Waals surface area (Å²) in [5.41, 5.74) is 2.68. The quantitative estimate of drug-likeness (QED) is 0.616. The van der Waals surface area contributed by atoms with Crippen molar-refractivity contribution in [3.05, 3.63) is 47.8 Å². The monoisotopic (exact) mass is 324 g/mol. The average Bonchev–Trinajstić information content (AvgIpc) is 2.64. The Bertz CT molecular complexity index is 614. The number of nitrogens with zero attached hydrogens (tertiary/aromatic N) is 2. The summed E-state index contributed by atoms with van der Waals surface area (Å²) in [6.45, 7) is 4.13. The maximum absolute atomic E-state index is 12.0. The Balaban J connectivity index is 2.06. The van der Waals surface area contributed by atoms with E-state index in [0.29, 0.717) is 35.4 Å². The first-order valence-corrected chi connectivity index (χ1v) is 8.64. The molecule has 0 radical (unpaired) electrons. The molecule has 0 aromatic carbocycles. The smallest absolute Gasteiger partial charge is 0.164 e. The molecule has 0 amide bonds. The maximum Gasteiger partial charge on any atom is 0.164 e. The fraction of sp³-hybridized carbons (Fsp3) is 0.400. The van der Waals surface area contributed by atoms with Crippen molar-refractivity contribution in [2.45, 2.75) is 52.4 Å². The lowest BCUT2D eigenvalue weighted by molar-refractivity contribution is 0.0971. The van der Waals surface area contributed by atoms with Crippen LogP contribution in [0.1, 0.15) is 73.1 Å². The van der Waals surface area contributed by atoms with Gasteiger partial charge in [-0.1, -0.05) is 26.7 Å². The number of carbonyl (C=O) groups excluding carboxylic acids is 2. The summed E-state index contributed by atoms with van der Waals surface area (Å²) < 4.78 is 0. The van der Waals surface area contributed by atoms with Gasteiger partial charge in [0, 0.05) is 36.4 Å². The molecular weight excluding hydrogens is 300 g/mol. The van der Waals surface area contributed by atoms with Gasteiger partial charge in [0.25, 0.3) is 0 Å². The highest BCUT2D eigenvalue weighted by atomic mass is 16.1. The van der Waals surface area contributed by atoms with E-state index in [1.54, 1.807) is 36.7 Å². The molecule has 0 unspecified atom stereocenters. The molecule has 0 atom stereocenters. The van der Waals surface area contributed by atoms with Crippen LogP contribution in [-0.2, 0) is 0 Å². The van der Waals surface area contributed by atoms with Crippen LogP contribution in [0.25, 0.3) is 11.4 Å². The highest BCUT2D eigenvalue weighted by molar-refractivity contribution is 5.96. The van der Waals surface area contributed by atoms with Crippen LogP contribution >= 0.6 is 0 Å². The van der Waals surface area contributed by atoms with Crippen LogP contribution in [0.5, 0.6) is 0 Å². The fourth-order valence-electron chi connectivity index (χ4n) is 2.38. The van der Waals surface area contributed by atoms with Crippen molar-refractivity contribution in [2.75, 3.05) is 0 Å². The molecule has 2 heterocycles. The molecule has 4 nitrogen and oxygen atoms in total. The van der Waals surface area contributed by atoms with Crippen molar-refractivity contribution in [3.8, 4) is 11.4 Å². The Morgan fingerprint density at radius 3 is 1.46 bits per heavy atom. The minimum Gasteiger partial charge on any atom is -0.294 e. The molecular formula is C20H24N2O2. The van der Waals surface area contributed by atoms with Gasteiger partial charge >= 0.3 is 0 Å². The van der Waals surface area contributed by atoms with Crippen LogP contribution in [0, 0.1) is 0 Å². The number of pyridine rings is 2. The molecule has 2 aromatic heterocycles. The van der Waals surface area contributed by atoms with Gasteiger partial charge in [-0.3, -0.25) is 19.6 Å². The van der Waals surface area contributed by atoms with E-state index in [1.165, 1.54) is 0 Å². The molecule has 24 heavy (non-hydrogen) atoms. The second-order valence-corrected chi connectivity index (χ2v) is 5.92. The summed E-state index contributed by atoms with van der Waals surface area (Å²) in [7, 11) is 0. The van der Waals surface area contributed by atoms with Gasteiger partial charge in [-0.15, -0.1) is 0 Å². The molecule has 0 saturated heterocycles. The Kier molecular flexibility index (Phi) is 6.79. The van der Waals surface area contributed by atoms with E-state index < -0.39 is 0 Å². The van der Waals surface area contributed by atoms with Crippen LogP contribution in [0.15, 0.2) is 36.7 Å². The van der Waals surface area contributed by atoms with Crippen LogP contribution in [-0.4, -0.2) is 21.5 Å². The highest BCUT2D eigenvalue weighted by Gasteiger charge is 2.09. The van der Waals surface area contributed by atoms with E-state index >= 15 is 0 Å². The minimum atomic E-state index is 0.126. The largest absolute Gasteiger partial charge is 0.294 e. The van der Waals surface area contributed by atoms with Gasteiger partial charge in [-0.05, 0) is 37.1 Å². The van der Waals surface area contributed by atoms with E-state index in [-0.39, 0.29) is 11.6 Å². The molecule has 0 saturated carbocycles. The van der Waals surface area contributed by atoms with Crippen LogP contribution in [0.4, 0.5) is 0 Å². The third-order valence-corrected chi connectivity index (χ3v) is 3.95. The zero-order chi connectivity index (χ0) is 17.4. The Morgan fingerprint density at radius 2 is 1.17 bits per heavy atom. The minimum absolute atomic E-state index is 0.126. The predicted octanol–water partition coefficient (Wildman–Crippen LogP) is 4.89. The SMILES string of the molecule is CCCCC(=O)c1ccc(-c2ccc(C(=O)CCCC)cn2)nc1. The molecule has 0 aliphatic carbocycles. The van der Waals surface area contributed by atoms with Gasteiger partial charge in [0.1, 0.15) is 0 Å². The topological polar surface area (TPSA) is 59.9 Å². The lowest BCUT2D eigenvalue weighted by atomic mass is 10.1. The third kappa shape index (κ3) is 4.82. The number of carbonyl (C=O) groups is 2. The first kappa shape index (κ1) is 18.0. The van der Waals surface area contributed by atoms with Crippen molar-refractivity contribution in [2.24, 2.45) is 0 Å². The van der Waals surface area contributed by atoms with E-state index in [9.17, 15) is 9.59 Å². The molecule has 0 bridgehead atoms. The first-order chi connectivity index (χ1) is 11.7. The molecule has 0 spiro atoms. The summed E-state index contributed by atoms with van der Waals surface area (Å²) in [5, 5.41) is 0. The van der Waals surface area contributed by atoms with E-state index in [2.05, 4.69) is 23.8 Å². The third-order valence-electron chi connectivity index (χ3n) is 3.95. The molecule has 2 aromatic rings. The van der Waals surface area contributed by atoms with Gasteiger partial charge in [0.15, 0.2) is 11.6 Å². The van der Waals surface area contributed by atoms with Gasteiger partial charge in [-0.25, -0.2) is 0 Å². The van der Waals surface area contributed by atoms with Crippen LogP contribution < -0.4 is 0 Å². The molecule has 0 aliphatic rings. The second kappa shape index (κ2) is 9.06. The molecule has 0 aliphatic heterocycles. The fourth-order valence-corrected chi connectivity index (χ4v) is 2.38. The zero-order valence-electron chi connectivity index (χ0n) is 14.4. The normalized spacial score (nSPS) is 10.6. The van der Waals surface area contributed by atoms with Gasteiger partial charge < -0.3 is 0 Å². The average molecular weight is 324 g/mol. The lowest BCUT2D eigenvalue weighted by Gasteiger charge is -2.04. The number of hydrogen-bond acceptors (Lipinski definition) is 4. The summed E-state index contributed by atoms with van der Waals surface area (Å²) in [5.74, 6) is 0.251. The number of ketones is 2. The number of rotatable bonds is 9. The lowest BCUT2D eigenvalue weighted by Crippen LogP contribution is -2.01. The maximum atomic E-state index is 12.0. The summed E-state index contributed by atoms with van der Waals surface area (Å²) in [6, 6.07) is 7.20. The molecule has 2 rings (SSSR count). The standard InChI is InChI=1S/C20H24N2O2/c1-3-5-7-19(23)15-9-11-17(21-13-15)18-12-10-16(14-22-18)20(24)8-6-4-2/h9-14H,3-8H2,1-2H3. The van der Waals surface area contributed by atoms with E-state index in [0.717, 1.165) is 25.7 Å². The van der Waals surface area contributed by atoms with Gasteiger partial charge in [-0.2, -0.15) is 0 Å². The zero-order valence-corrected chi connectivity index (χ0v) is 14.4. The number of hydrogen-bond donors (Lipinski definition) is 0. The first-order valence-electron chi connectivity index (χ1n) is 8.64. The molecule has 0 N–H and O–H groups in total. The summed E-state index contributed by atoms with van der Waals surface area (Å²) in [4.78, 5) is 32.6. The second-order valence-electron chi connectivity index (χ2n) is 5.92. The van der Waals surface area contributed by atoms with Gasteiger partial charge in [0.2, 0.25) is 0 Å². The van der Waals surface area contributed by atoms with Crippen molar-refractivity contribution in [1.29, 1.82) is 0 Å². The molecule has 0 fully saturated rings. The summed E-state index contributed by atoms with van der Waals surface area (Å²) in [6.07, 6.45) is 8.14. The number of Topliss-reactive ketones (excluding diaryl/α,β-unsaturated/α-hetero) is 2. The number of unbranched alkanes of at least 4 members (excludes halogenated alkanes) is 2. The Morgan fingerprint density at radius 1 is 0.750 bits per heavy atom. The Hall–Kier alpha value is -2.36. The van der Waals surface area contributed by atoms with Crippen molar-refractivity contribution >= 4 is 11.6 Å². The highest BCUT2D eigenvalue weighted by Crippen LogP contribution is 2.17. The Labute approximate surface area is 143 Å². The van der Waals surface area contributed by atoms with Crippen LogP contribution in [0.2, 0.25) is 0 Å².